The number of sulfonamides is 1. The maximum Gasteiger partial charge on any atom is 0.247 e. The van der Waals surface area contributed by atoms with Crippen LogP contribution in [0.4, 0.5) is 5.69 Å². The standard InChI is InChI=1S/C21H18N2O4S/c24-28(25)20-9-5-4-8-17(20)22-21(23(28)13-15-6-2-1-3-7-15)16-10-11-18-19(12-16)27-14-26-18/h1-12,21-22H,13-14H2/t21-/m1/s1. The molecule has 2 aliphatic rings. The van der Waals surface area contributed by atoms with E-state index in [1.165, 1.54) is 4.31 Å². The number of fused-ring (bicyclic) bond motifs is 2. The lowest BCUT2D eigenvalue weighted by Crippen LogP contribution is -2.42. The minimum absolute atomic E-state index is 0.172. The van der Waals surface area contributed by atoms with Crippen LogP contribution in [0, 0.1) is 0 Å². The number of anilines is 1. The average Bonchev–Trinajstić information content (AvgIpc) is 3.19. The van der Waals surface area contributed by atoms with E-state index >= 15 is 0 Å². The smallest absolute Gasteiger partial charge is 0.247 e. The zero-order valence-corrected chi connectivity index (χ0v) is 15.7. The van der Waals surface area contributed by atoms with Crippen LogP contribution in [-0.2, 0) is 16.6 Å². The SMILES string of the molecule is O=S1(=O)c2ccccc2N[C@@H](c2ccc3c(c2)OCO3)N1Cc1ccccc1. The summed E-state index contributed by atoms with van der Waals surface area (Å²) >= 11 is 0. The molecular formula is C21H18N2O4S. The van der Waals surface area contributed by atoms with Gasteiger partial charge in [0.2, 0.25) is 16.8 Å². The number of nitrogens with zero attached hydrogens (tertiary/aromatic N) is 1. The van der Waals surface area contributed by atoms with Crippen LogP contribution in [0.3, 0.4) is 0 Å². The van der Waals surface area contributed by atoms with Crippen LogP contribution in [0.2, 0.25) is 0 Å². The van der Waals surface area contributed by atoms with Crippen LogP contribution in [0.1, 0.15) is 17.3 Å². The largest absolute Gasteiger partial charge is 0.454 e. The van der Waals surface area contributed by atoms with Gasteiger partial charge in [0.25, 0.3) is 0 Å². The molecule has 0 amide bonds. The number of hydrogen-bond donors (Lipinski definition) is 1. The number of ether oxygens (including phenoxy) is 2. The van der Waals surface area contributed by atoms with Crippen molar-refractivity contribution in [2.75, 3.05) is 12.1 Å². The summed E-state index contributed by atoms with van der Waals surface area (Å²) in [4.78, 5) is 0.280. The molecule has 3 aromatic rings. The molecule has 2 aliphatic heterocycles. The highest BCUT2D eigenvalue weighted by Gasteiger charge is 2.39. The third-order valence-corrected chi connectivity index (χ3v) is 6.82. The first-order chi connectivity index (χ1) is 13.6. The summed E-state index contributed by atoms with van der Waals surface area (Å²) in [5.41, 5.74) is 2.30. The Morgan fingerprint density at radius 1 is 0.929 bits per heavy atom. The Morgan fingerprint density at radius 3 is 2.54 bits per heavy atom. The van der Waals surface area contributed by atoms with Crippen molar-refractivity contribution in [3.63, 3.8) is 0 Å². The van der Waals surface area contributed by atoms with Gasteiger partial charge in [-0.1, -0.05) is 48.5 Å². The fourth-order valence-corrected chi connectivity index (χ4v) is 5.25. The second-order valence-electron chi connectivity index (χ2n) is 6.69. The molecule has 2 heterocycles. The molecule has 6 nitrogen and oxygen atoms in total. The maximum absolute atomic E-state index is 13.5. The van der Waals surface area contributed by atoms with Gasteiger partial charge in [-0.25, -0.2) is 8.42 Å². The van der Waals surface area contributed by atoms with Crippen LogP contribution in [0.15, 0.2) is 77.7 Å². The molecule has 0 spiro atoms. The van der Waals surface area contributed by atoms with E-state index in [1.807, 2.05) is 54.6 Å². The molecule has 3 aromatic carbocycles. The summed E-state index contributed by atoms with van der Waals surface area (Å²) in [6, 6.07) is 22.1. The number of rotatable bonds is 3. The summed E-state index contributed by atoms with van der Waals surface area (Å²) in [7, 11) is -3.69. The van der Waals surface area contributed by atoms with Crippen LogP contribution >= 0.6 is 0 Å². The van der Waals surface area contributed by atoms with E-state index in [-0.39, 0.29) is 18.2 Å². The Morgan fingerprint density at radius 2 is 1.68 bits per heavy atom. The molecule has 0 radical (unpaired) electrons. The third-order valence-electron chi connectivity index (χ3n) is 4.95. The van der Waals surface area contributed by atoms with Crippen LogP contribution < -0.4 is 14.8 Å². The number of benzene rings is 3. The van der Waals surface area contributed by atoms with E-state index in [1.54, 1.807) is 18.2 Å². The molecule has 0 bridgehead atoms. The minimum atomic E-state index is -3.69. The van der Waals surface area contributed by atoms with Gasteiger partial charge in [0.1, 0.15) is 11.1 Å². The zero-order chi connectivity index (χ0) is 19.1. The van der Waals surface area contributed by atoms with Crippen molar-refractivity contribution in [3.8, 4) is 11.5 Å². The average molecular weight is 394 g/mol. The van der Waals surface area contributed by atoms with Gasteiger partial charge in [-0.15, -0.1) is 0 Å². The summed E-state index contributed by atoms with van der Waals surface area (Å²) < 4.78 is 39.3. The summed E-state index contributed by atoms with van der Waals surface area (Å²) in [6.07, 6.45) is -0.561. The van der Waals surface area contributed by atoms with Crippen molar-refractivity contribution in [1.82, 2.24) is 4.31 Å². The predicted molar refractivity (Wildman–Crippen MR) is 105 cm³/mol. The molecular weight excluding hydrogens is 376 g/mol. The summed E-state index contributed by atoms with van der Waals surface area (Å²) in [5.74, 6) is 1.28. The molecule has 5 rings (SSSR count). The van der Waals surface area contributed by atoms with Gasteiger partial charge in [-0.3, -0.25) is 0 Å². The van der Waals surface area contributed by atoms with Gasteiger partial charge < -0.3 is 14.8 Å². The molecule has 1 N–H and O–H groups in total. The fourth-order valence-electron chi connectivity index (χ4n) is 3.57. The van der Waals surface area contributed by atoms with Crippen LogP contribution in [0.5, 0.6) is 11.5 Å². The first-order valence-corrected chi connectivity index (χ1v) is 10.4. The second-order valence-corrected chi connectivity index (χ2v) is 8.55. The second kappa shape index (κ2) is 6.54. The topological polar surface area (TPSA) is 67.9 Å². The quantitative estimate of drug-likeness (QED) is 0.733. The fraction of sp³-hybridized carbons (Fsp3) is 0.143. The lowest BCUT2D eigenvalue weighted by Gasteiger charge is -2.37. The van der Waals surface area contributed by atoms with E-state index in [0.717, 1.165) is 11.1 Å². The monoisotopic (exact) mass is 394 g/mol. The maximum atomic E-state index is 13.5. The molecule has 0 aromatic heterocycles. The van der Waals surface area contributed by atoms with E-state index in [9.17, 15) is 8.42 Å². The Balaban J connectivity index is 1.62. The Hall–Kier alpha value is -3.03. The Labute approximate surface area is 163 Å². The van der Waals surface area contributed by atoms with Gasteiger partial charge in [-0.05, 0) is 35.4 Å². The van der Waals surface area contributed by atoms with Crippen molar-refractivity contribution in [1.29, 1.82) is 0 Å². The van der Waals surface area contributed by atoms with Crippen molar-refractivity contribution in [3.05, 3.63) is 83.9 Å². The van der Waals surface area contributed by atoms with E-state index in [4.69, 9.17) is 9.47 Å². The van der Waals surface area contributed by atoms with Gasteiger partial charge in [-0.2, -0.15) is 4.31 Å². The van der Waals surface area contributed by atoms with Crippen molar-refractivity contribution >= 4 is 15.7 Å². The molecule has 7 heteroatoms. The van der Waals surface area contributed by atoms with Gasteiger partial charge >= 0.3 is 0 Å². The number of para-hydroxylation sites is 1. The molecule has 0 saturated heterocycles. The minimum Gasteiger partial charge on any atom is -0.454 e. The summed E-state index contributed by atoms with van der Waals surface area (Å²) in [5, 5.41) is 3.38. The number of hydrogen-bond acceptors (Lipinski definition) is 5. The molecule has 0 unspecified atom stereocenters. The molecule has 1 atom stereocenters. The lowest BCUT2D eigenvalue weighted by molar-refractivity contribution is 0.174. The molecule has 0 saturated carbocycles. The molecule has 0 fully saturated rings. The van der Waals surface area contributed by atoms with E-state index in [2.05, 4.69) is 5.32 Å². The highest BCUT2D eigenvalue weighted by atomic mass is 32.2. The van der Waals surface area contributed by atoms with E-state index < -0.39 is 16.2 Å². The lowest BCUT2D eigenvalue weighted by atomic mass is 10.1. The van der Waals surface area contributed by atoms with Crippen molar-refractivity contribution in [2.24, 2.45) is 0 Å². The Bertz CT molecular complexity index is 1130. The van der Waals surface area contributed by atoms with Gasteiger partial charge in [0.05, 0.1) is 5.69 Å². The predicted octanol–water partition coefficient (Wildman–Crippen LogP) is 3.73. The van der Waals surface area contributed by atoms with Crippen molar-refractivity contribution in [2.45, 2.75) is 17.6 Å². The first kappa shape index (κ1) is 17.1. The molecule has 142 valence electrons. The highest BCUT2D eigenvalue weighted by molar-refractivity contribution is 7.89. The number of nitrogens with one attached hydrogen (secondary N) is 1. The molecule has 28 heavy (non-hydrogen) atoms. The van der Waals surface area contributed by atoms with Gasteiger partial charge in [0.15, 0.2) is 11.5 Å². The highest BCUT2D eigenvalue weighted by Crippen LogP contribution is 2.41. The first-order valence-electron chi connectivity index (χ1n) is 8.94. The Kier molecular flexibility index (Phi) is 3.99. The van der Waals surface area contributed by atoms with Crippen molar-refractivity contribution < 1.29 is 17.9 Å². The van der Waals surface area contributed by atoms with Crippen LogP contribution in [0.25, 0.3) is 0 Å². The van der Waals surface area contributed by atoms with E-state index in [0.29, 0.717) is 17.2 Å². The summed E-state index contributed by atoms with van der Waals surface area (Å²) in [6.45, 7) is 0.426. The third kappa shape index (κ3) is 2.80. The normalized spacial score (nSPS) is 19.6. The van der Waals surface area contributed by atoms with Gasteiger partial charge in [0, 0.05) is 6.54 Å². The zero-order valence-electron chi connectivity index (χ0n) is 14.9. The van der Waals surface area contributed by atoms with Crippen LogP contribution in [-0.4, -0.2) is 19.5 Å². The molecule has 0 aliphatic carbocycles.